The standard InChI is InChI=1S/C11H13O.ClH.Hg/c1-3-10-7-9-6-8(2)4-5-11(9)12-10;;/h3-6,10H,7H2,1-2H3;1H;/q;;+1/p-1. The van der Waals surface area contributed by atoms with E-state index in [4.69, 9.17) is 13.0 Å². The van der Waals surface area contributed by atoms with Crippen molar-refractivity contribution in [3.8, 4) is 5.75 Å². The molecular formula is C11H13ClHgO. The molecule has 0 fully saturated rings. The Hall–Kier alpha value is 0.245. The second kappa shape index (κ2) is 4.40. The minimum atomic E-state index is -1.15. The van der Waals surface area contributed by atoms with Crippen molar-refractivity contribution in [2.24, 2.45) is 0 Å². The molecule has 0 bridgehead atoms. The molecule has 0 spiro atoms. The summed E-state index contributed by atoms with van der Waals surface area (Å²) in [6.45, 7) is 4.36. The van der Waals surface area contributed by atoms with Crippen LogP contribution in [0, 0.1) is 6.92 Å². The number of benzene rings is 1. The molecule has 0 saturated heterocycles. The quantitative estimate of drug-likeness (QED) is 0.696. The number of fused-ring (bicyclic) bond motifs is 1. The Balaban J connectivity index is 2.17. The predicted molar refractivity (Wildman–Crippen MR) is 54.6 cm³/mol. The fraction of sp³-hybridized carbons (Fsp3) is 0.455. The van der Waals surface area contributed by atoms with Gasteiger partial charge in [-0.2, -0.15) is 0 Å². The van der Waals surface area contributed by atoms with Gasteiger partial charge in [0.05, 0.1) is 0 Å². The average Bonchev–Trinajstić information content (AvgIpc) is 2.59. The van der Waals surface area contributed by atoms with Gasteiger partial charge in [0.2, 0.25) is 0 Å². The molecular weight excluding hydrogens is 384 g/mol. The number of aryl methyl sites for hydroxylation is 1. The van der Waals surface area contributed by atoms with Crippen LogP contribution in [0.2, 0.25) is 3.43 Å². The molecule has 14 heavy (non-hydrogen) atoms. The van der Waals surface area contributed by atoms with E-state index in [-0.39, 0.29) is 0 Å². The maximum absolute atomic E-state index is 6.05. The molecule has 72 valence electrons. The number of hydrogen-bond acceptors (Lipinski definition) is 1. The molecule has 0 amide bonds. The second-order valence-corrected chi connectivity index (χ2v) is 13.0. The monoisotopic (exact) mass is 398 g/mol. The van der Waals surface area contributed by atoms with Crippen molar-refractivity contribution in [3.63, 3.8) is 0 Å². The zero-order valence-corrected chi connectivity index (χ0v) is 14.8. The van der Waals surface area contributed by atoms with E-state index in [1.165, 1.54) is 11.1 Å². The van der Waals surface area contributed by atoms with Crippen molar-refractivity contribution < 1.29 is 28.1 Å². The second-order valence-electron chi connectivity index (χ2n) is 4.10. The Morgan fingerprint density at radius 1 is 1.57 bits per heavy atom. The first-order chi connectivity index (χ1) is 6.70. The molecule has 1 nitrogen and oxygen atoms in total. The van der Waals surface area contributed by atoms with E-state index in [1.54, 1.807) is 0 Å². The van der Waals surface area contributed by atoms with Crippen LogP contribution in [-0.4, -0.2) is 6.10 Å². The number of hydrogen-bond donors (Lipinski definition) is 0. The van der Waals surface area contributed by atoms with Crippen LogP contribution in [0.5, 0.6) is 5.75 Å². The third kappa shape index (κ3) is 2.09. The van der Waals surface area contributed by atoms with Gasteiger partial charge < -0.3 is 0 Å². The summed E-state index contributed by atoms with van der Waals surface area (Å²) in [4.78, 5) is 0. The Bertz CT molecular complexity index is 340. The molecule has 0 saturated carbocycles. The van der Waals surface area contributed by atoms with Gasteiger partial charge in [0.25, 0.3) is 0 Å². The molecule has 1 aliphatic rings. The Labute approximate surface area is 101 Å². The molecule has 0 N–H and O–H groups in total. The van der Waals surface area contributed by atoms with Crippen LogP contribution < -0.4 is 4.74 Å². The normalized spacial score (nSPS) is 20.9. The van der Waals surface area contributed by atoms with Crippen LogP contribution in [0.15, 0.2) is 18.2 Å². The van der Waals surface area contributed by atoms with E-state index in [0.717, 1.165) is 12.2 Å². The molecule has 2 unspecified atom stereocenters. The summed E-state index contributed by atoms with van der Waals surface area (Å²) in [5.74, 6) is 1.07. The molecule has 1 aromatic rings. The van der Waals surface area contributed by atoms with Gasteiger partial charge >= 0.3 is 101 Å². The molecule has 1 aromatic carbocycles. The van der Waals surface area contributed by atoms with Gasteiger partial charge in [-0.15, -0.1) is 0 Å². The van der Waals surface area contributed by atoms with Crippen LogP contribution in [0.4, 0.5) is 0 Å². The van der Waals surface area contributed by atoms with Gasteiger partial charge in [-0.3, -0.25) is 0 Å². The Kier molecular flexibility index (Phi) is 3.38. The van der Waals surface area contributed by atoms with Crippen LogP contribution in [0.1, 0.15) is 18.1 Å². The van der Waals surface area contributed by atoms with Crippen molar-refractivity contribution in [2.75, 3.05) is 0 Å². The molecule has 0 aromatic heterocycles. The van der Waals surface area contributed by atoms with Crippen molar-refractivity contribution in [1.82, 2.24) is 0 Å². The van der Waals surface area contributed by atoms with Gasteiger partial charge in [-0.05, 0) is 0 Å². The third-order valence-electron chi connectivity index (χ3n) is 2.79. The van der Waals surface area contributed by atoms with E-state index < -0.39 is 23.3 Å². The van der Waals surface area contributed by atoms with E-state index in [2.05, 4.69) is 32.0 Å². The molecule has 2 atom stereocenters. The fourth-order valence-electron chi connectivity index (χ4n) is 1.82. The fourth-order valence-corrected chi connectivity index (χ4v) is 5.36. The van der Waals surface area contributed by atoms with E-state index in [1.807, 2.05) is 0 Å². The number of ether oxygens (including phenoxy) is 1. The zero-order chi connectivity index (χ0) is 10.1. The molecule has 2 rings (SSSR count). The van der Waals surface area contributed by atoms with Crippen LogP contribution >= 0.6 is 8.25 Å². The summed E-state index contributed by atoms with van der Waals surface area (Å²) in [5, 5.41) is 0. The van der Waals surface area contributed by atoms with Crippen molar-refractivity contribution in [1.29, 1.82) is 0 Å². The van der Waals surface area contributed by atoms with Crippen molar-refractivity contribution in [3.05, 3.63) is 29.3 Å². The van der Waals surface area contributed by atoms with Gasteiger partial charge in [0.15, 0.2) is 0 Å². The van der Waals surface area contributed by atoms with Gasteiger partial charge in [-0.1, -0.05) is 0 Å². The number of rotatable bonds is 2. The van der Waals surface area contributed by atoms with Crippen LogP contribution in [0.3, 0.4) is 0 Å². The van der Waals surface area contributed by atoms with E-state index in [9.17, 15) is 0 Å². The maximum atomic E-state index is 6.05. The summed E-state index contributed by atoms with van der Waals surface area (Å²) in [6, 6.07) is 6.42. The topological polar surface area (TPSA) is 9.23 Å². The molecule has 1 heterocycles. The summed E-state index contributed by atoms with van der Waals surface area (Å²) < 4.78 is 6.53. The van der Waals surface area contributed by atoms with Crippen LogP contribution in [0.25, 0.3) is 0 Å². The van der Waals surface area contributed by atoms with Crippen LogP contribution in [-0.2, 0) is 29.8 Å². The first-order valence-electron chi connectivity index (χ1n) is 5.03. The molecule has 3 heteroatoms. The first-order valence-corrected chi connectivity index (χ1v) is 15.0. The summed E-state index contributed by atoms with van der Waals surface area (Å²) in [6.07, 6.45) is 1.43. The molecule has 1 aliphatic heterocycles. The third-order valence-corrected chi connectivity index (χ3v) is 11.0. The Morgan fingerprint density at radius 3 is 3.07 bits per heavy atom. The Morgan fingerprint density at radius 2 is 2.36 bits per heavy atom. The van der Waals surface area contributed by atoms with E-state index in [0.29, 0.717) is 9.53 Å². The summed E-state index contributed by atoms with van der Waals surface area (Å²) in [5.41, 5.74) is 2.68. The summed E-state index contributed by atoms with van der Waals surface area (Å²) >= 11 is -1.15. The average molecular weight is 397 g/mol. The van der Waals surface area contributed by atoms with Gasteiger partial charge in [0.1, 0.15) is 0 Å². The van der Waals surface area contributed by atoms with Gasteiger partial charge in [0, 0.05) is 0 Å². The van der Waals surface area contributed by atoms with Gasteiger partial charge in [-0.25, -0.2) is 0 Å². The van der Waals surface area contributed by atoms with Crippen molar-refractivity contribution in [2.45, 2.75) is 29.8 Å². The summed E-state index contributed by atoms with van der Waals surface area (Å²) in [7, 11) is 6.05. The minimum absolute atomic E-state index is 0.367. The van der Waals surface area contributed by atoms with Crippen molar-refractivity contribution >= 4 is 8.25 Å². The predicted octanol–water partition coefficient (Wildman–Crippen LogP) is 3.34. The molecule has 0 radical (unpaired) electrons. The zero-order valence-electron chi connectivity index (χ0n) is 8.59. The SMILES string of the molecule is Cc1ccc2c(c1)CC([CH](C)[Hg][Cl])O2. The van der Waals surface area contributed by atoms with E-state index >= 15 is 0 Å². The molecule has 0 aliphatic carbocycles. The first kappa shape index (κ1) is 10.8. The number of halogens is 1.